The van der Waals surface area contributed by atoms with Crippen molar-refractivity contribution in [3.63, 3.8) is 0 Å². The summed E-state index contributed by atoms with van der Waals surface area (Å²) in [4.78, 5) is 8.63. The van der Waals surface area contributed by atoms with Crippen LogP contribution in [0.1, 0.15) is 11.1 Å². The van der Waals surface area contributed by atoms with Crippen molar-refractivity contribution in [2.45, 2.75) is 0 Å². The highest BCUT2D eigenvalue weighted by molar-refractivity contribution is 6.13. The molecule has 21 heavy (non-hydrogen) atoms. The van der Waals surface area contributed by atoms with Crippen LogP contribution in [0.2, 0.25) is 0 Å². The summed E-state index contributed by atoms with van der Waals surface area (Å²) >= 11 is 0. The van der Waals surface area contributed by atoms with Crippen LogP contribution in [0.4, 0.5) is 10.2 Å². The van der Waals surface area contributed by atoms with E-state index in [1.807, 2.05) is 60.7 Å². The predicted octanol–water partition coefficient (Wildman–Crippen LogP) is 4.39. The van der Waals surface area contributed by atoms with Crippen molar-refractivity contribution in [3.8, 4) is 0 Å². The third-order valence-electron chi connectivity index (χ3n) is 3.03. The SMILES string of the molecule is Fc1ccnc(N=C(c2ccccc2)c2ccccc2)c1. The van der Waals surface area contributed by atoms with Crippen molar-refractivity contribution >= 4 is 11.5 Å². The summed E-state index contributed by atoms with van der Waals surface area (Å²) < 4.78 is 13.3. The second-order valence-electron chi connectivity index (χ2n) is 4.52. The monoisotopic (exact) mass is 276 g/mol. The molecule has 0 radical (unpaired) electrons. The number of aliphatic imine (C=N–C) groups is 1. The van der Waals surface area contributed by atoms with Gasteiger partial charge >= 0.3 is 0 Å². The standard InChI is InChI=1S/C18H13FN2/c19-16-11-12-20-17(13-16)21-18(14-7-3-1-4-8-14)15-9-5-2-6-10-15/h1-13H. The molecule has 1 aromatic heterocycles. The molecule has 0 N–H and O–H groups in total. The number of aromatic nitrogens is 1. The molecule has 102 valence electrons. The van der Waals surface area contributed by atoms with Crippen molar-refractivity contribution < 1.29 is 4.39 Å². The Morgan fingerprint density at radius 3 is 1.90 bits per heavy atom. The second-order valence-corrected chi connectivity index (χ2v) is 4.52. The molecule has 3 heteroatoms. The number of benzene rings is 2. The Labute approximate surface area is 122 Å². The molecule has 3 rings (SSSR count). The third kappa shape index (κ3) is 3.20. The van der Waals surface area contributed by atoms with Crippen LogP contribution in [0.5, 0.6) is 0 Å². The van der Waals surface area contributed by atoms with Gasteiger partial charge in [0.05, 0.1) is 5.71 Å². The average molecular weight is 276 g/mol. The quantitative estimate of drug-likeness (QED) is 0.651. The Balaban J connectivity index is 2.13. The Kier molecular flexibility index (Phi) is 3.83. The van der Waals surface area contributed by atoms with Gasteiger partial charge in [-0.15, -0.1) is 0 Å². The van der Waals surface area contributed by atoms with Gasteiger partial charge < -0.3 is 0 Å². The minimum absolute atomic E-state index is 0.343. The fourth-order valence-corrected chi connectivity index (χ4v) is 2.06. The van der Waals surface area contributed by atoms with Gasteiger partial charge in [-0.2, -0.15) is 0 Å². The van der Waals surface area contributed by atoms with Gasteiger partial charge in [0.15, 0.2) is 5.82 Å². The third-order valence-corrected chi connectivity index (χ3v) is 3.03. The lowest BCUT2D eigenvalue weighted by Gasteiger charge is -2.07. The van der Waals surface area contributed by atoms with Crippen LogP contribution in [0.15, 0.2) is 84.0 Å². The maximum absolute atomic E-state index is 13.3. The Morgan fingerprint density at radius 1 is 0.810 bits per heavy atom. The van der Waals surface area contributed by atoms with Crippen molar-refractivity contribution in [1.29, 1.82) is 0 Å². The largest absolute Gasteiger partial charge is 0.237 e. The maximum atomic E-state index is 13.3. The lowest BCUT2D eigenvalue weighted by molar-refractivity contribution is 0.626. The zero-order valence-electron chi connectivity index (χ0n) is 11.3. The first-order chi connectivity index (χ1) is 10.3. The predicted molar refractivity (Wildman–Crippen MR) is 82.4 cm³/mol. The van der Waals surface area contributed by atoms with Crippen LogP contribution in [0, 0.1) is 5.82 Å². The van der Waals surface area contributed by atoms with E-state index in [0.717, 1.165) is 16.8 Å². The van der Waals surface area contributed by atoms with E-state index >= 15 is 0 Å². The molecule has 2 aromatic carbocycles. The zero-order valence-corrected chi connectivity index (χ0v) is 11.3. The van der Waals surface area contributed by atoms with E-state index < -0.39 is 0 Å². The average Bonchev–Trinajstić information content (AvgIpc) is 2.54. The van der Waals surface area contributed by atoms with Gasteiger partial charge in [0.1, 0.15) is 5.82 Å². The van der Waals surface area contributed by atoms with E-state index in [4.69, 9.17) is 0 Å². The van der Waals surface area contributed by atoms with E-state index in [9.17, 15) is 4.39 Å². The summed E-state index contributed by atoms with van der Waals surface area (Å²) in [7, 11) is 0. The molecule has 0 aliphatic heterocycles. The van der Waals surface area contributed by atoms with Crippen molar-refractivity contribution in [3.05, 3.63) is 95.9 Å². The Bertz CT molecular complexity index is 711. The van der Waals surface area contributed by atoms with Crippen LogP contribution in [-0.2, 0) is 0 Å². The van der Waals surface area contributed by atoms with Gasteiger partial charge in [0.25, 0.3) is 0 Å². The molecule has 0 bridgehead atoms. The van der Waals surface area contributed by atoms with E-state index in [1.165, 1.54) is 18.3 Å². The molecule has 0 amide bonds. The fraction of sp³-hybridized carbons (Fsp3) is 0. The molecular weight excluding hydrogens is 263 g/mol. The van der Waals surface area contributed by atoms with Crippen LogP contribution in [0.3, 0.4) is 0 Å². The molecule has 0 atom stereocenters. The molecule has 0 spiro atoms. The molecule has 0 unspecified atom stereocenters. The normalized spacial score (nSPS) is 10.1. The molecule has 2 nitrogen and oxygen atoms in total. The summed E-state index contributed by atoms with van der Waals surface area (Å²) in [6.45, 7) is 0. The molecule has 0 aliphatic rings. The van der Waals surface area contributed by atoms with E-state index in [-0.39, 0.29) is 5.82 Å². The molecular formula is C18H13FN2. The second kappa shape index (κ2) is 6.09. The van der Waals surface area contributed by atoms with Gasteiger partial charge in [-0.25, -0.2) is 14.4 Å². The lowest BCUT2D eigenvalue weighted by atomic mass is 10.0. The molecule has 3 aromatic rings. The van der Waals surface area contributed by atoms with Crippen molar-refractivity contribution in [1.82, 2.24) is 4.98 Å². The topological polar surface area (TPSA) is 25.2 Å². The molecule has 0 fully saturated rings. The van der Waals surface area contributed by atoms with Crippen molar-refractivity contribution in [2.75, 3.05) is 0 Å². The summed E-state index contributed by atoms with van der Waals surface area (Å²) in [6, 6.07) is 22.3. The molecule has 1 heterocycles. The van der Waals surface area contributed by atoms with Crippen molar-refractivity contribution in [2.24, 2.45) is 4.99 Å². The highest BCUT2D eigenvalue weighted by atomic mass is 19.1. The van der Waals surface area contributed by atoms with Gasteiger partial charge in [0.2, 0.25) is 0 Å². The van der Waals surface area contributed by atoms with Crippen LogP contribution in [-0.4, -0.2) is 10.7 Å². The first-order valence-electron chi connectivity index (χ1n) is 6.64. The Morgan fingerprint density at radius 2 is 1.38 bits per heavy atom. The first kappa shape index (κ1) is 13.2. The number of hydrogen-bond acceptors (Lipinski definition) is 2. The number of halogens is 1. The summed E-state index contributed by atoms with van der Waals surface area (Å²) in [5, 5.41) is 0. The summed E-state index contributed by atoms with van der Waals surface area (Å²) in [5.74, 6) is 0.0157. The number of rotatable bonds is 3. The number of nitrogens with zero attached hydrogens (tertiary/aromatic N) is 2. The smallest absolute Gasteiger partial charge is 0.155 e. The van der Waals surface area contributed by atoms with Gasteiger partial charge in [-0.3, -0.25) is 0 Å². The minimum atomic E-state index is -0.343. The van der Waals surface area contributed by atoms with E-state index in [0.29, 0.717) is 5.82 Å². The molecule has 0 saturated carbocycles. The van der Waals surface area contributed by atoms with Crippen LogP contribution < -0.4 is 0 Å². The van der Waals surface area contributed by atoms with Gasteiger partial charge in [0, 0.05) is 23.4 Å². The first-order valence-corrected chi connectivity index (χ1v) is 6.64. The number of pyridine rings is 1. The van der Waals surface area contributed by atoms with Crippen LogP contribution >= 0.6 is 0 Å². The minimum Gasteiger partial charge on any atom is -0.237 e. The maximum Gasteiger partial charge on any atom is 0.155 e. The molecule has 0 aliphatic carbocycles. The summed E-state index contributed by atoms with van der Waals surface area (Å²) in [5.41, 5.74) is 2.71. The number of hydrogen-bond donors (Lipinski definition) is 0. The van der Waals surface area contributed by atoms with Gasteiger partial charge in [-0.1, -0.05) is 60.7 Å². The lowest BCUT2D eigenvalue weighted by Crippen LogP contribution is -2.02. The fourth-order valence-electron chi connectivity index (χ4n) is 2.06. The van der Waals surface area contributed by atoms with E-state index in [1.54, 1.807) is 0 Å². The summed E-state index contributed by atoms with van der Waals surface area (Å²) in [6.07, 6.45) is 1.42. The zero-order chi connectivity index (χ0) is 14.5. The highest BCUT2D eigenvalue weighted by Gasteiger charge is 2.07. The Hall–Kier alpha value is -2.81. The van der Waals surface area contributed by atoms with E-state index in [2.05, 4.69) is 9.98 Å². The highest BCUT2D eigenvalue weighted by Crippen LogP contribution is 2.16. The van der Waals surface area contributed by atoms with Crippen LogP contribution in [0.25, 0.3) is 0 Å². The van der Waals surface area contributed by atoms with Gasteiger partial charge in [-0.05, 0) is 6.07 Å². The molecule has 0 saturated heterocycles.